The van der Waals surface area contributed by atoms with Gasteiger partial charge in [0, 0.05) is 25.0 Å². The summed E-state index contributed by atoms with van der Waals surface area (Å²) in [4.78, 5) is 15.7. The Balaban J connectivity index is 1.89. The van der Waals surface area contributed by atoms with Crippen LogP contribution >= 0.6 is 0 Å². The van der Waals surface area contributed by atoms with Crippen LogP contribution in [0.1, 0.15) is 22.5 Å². The first-order chi connectivity index (χ1) is 13.3. The Kier molecular flexibility index (Phi) is 14.4. The van der Waals surface area contributed by atoms with Crippen LogP contribution in [-0.2, 0) is 30.1 Å². The monoisotopic (exact) mass is 384 g/mol. The summed E-state index contributed by atoms with van der Waals surface area (Å²) in [6.45, 7) is 5.52. The molecule has 0 aromatic carbocycles. The zero-order valence-electron chi connectivity index (χ0n) is 16.4. The number of nitrogens with zero attached hydrogens (tertiary/aromatic N) is 1. The minimum Gasteiger partial charge on any atom is -0.465 e. The highest BCUT2D eigenvalue weighted by atomic mass is 16.6. The van der Waals surface area contributed by atoms with Gasteiger partial charge in [0.2, 0.25) is 0 Å². The lowest BCUT2D eigenvalue weighted by Gasteiger charge is -2.07. The first kappa shape index (κ1) is 23.5. The van der Waals surface area contributed by atoms with Crippen molar-refractivity contribution in [1.82, 2.24) is 10.3 Å². The van der Waals surface area contributed by atoms with Gasteiger partial charge >= 0.3 is 5.97 Å². The van der Waals surface area contributed by atoms with Crippen LogP contribution in [0.5, 0.6) is 0 Å². The molecule has 0 unspecified atom stereocenters. The average molecular weight is 384 g/mol. The van der Waals surface area contributed by atoms with E-state index < -0.39 is 0 Å². The van der Waals surface area contributed by atoms with Gasteiger partial charge in [0.15, 0.2) is 0 Å². The summed E-state index contributed by atoms with van der Waals surface area (Å²) < 4.78 is 26.4. The largest absolute Gasteiger partial charge is 0.465 e. The second kappa shape index (κ2) is 16.6. The van der Waals surface area contributed by atoms with Crippen LogP contribution in [0.4, 0.5) is 0 Å². The summed E-state index contributed by atoms with van der Waals surface area (Å²) in [6.07, 6.45) is 3.19. The molecule has 0 aliphatic heterocycles. The summed E-state index contributed by atoms with van der Waals surface area (Å²) in [5.41, 5.74) is 1.37. The molecule has 154 valence electrons. The summed E-state index contributed by atoms with van der Waals surface area (Å²) >= 11 is 0. The highest BCUT2D eigenvalue weighted by molar-refractivity contribution is 5.89. The third-order valence-corrected chi connectivity index (χ3v) is 3.57. The molecule has 0 fully saturated rings. The van der Waals surface area contributed by atoms with Crippen LogP contribution in [0, 0.1) is 0 Å². The summed E-state index contributed by atoms with van der Waals surface area (Å²) in [6, 6.07) is 3.39. The van der Waals surface area contributed by atoms with Crippen LogP contribution in [0.3, 0.4) is 0 Å². The molecular weight excluding hydrogens is 352 g/mol. The van der Waals surface area contributed by atoms with Crippen molar-refractivity contribution in [2.24, 2.45) is 0 Å². The fraction of sp³-hybridized carbons (Fsp3) is 0.684. The van der Waals surface area contributed by atoms with Crippen molar-refractivity contribution in [3.05, 3.63) is 29.6 Å². The second-order valence-corrected chi connectivity index (χ2v) is 5.68. The Hall–Kier alpha value is -1.58. The molecule has 1 heterocycles. The van der Waals surface area contributed by atoms with Crippen molar-refractivity contribution in [1.29, 1.82) is 0 Å². The summed E-state index contributed by atoms with van der Waals surface area (Å²) in [7, 11) is 3.26. The summed E-state index contributed by atoms with van der Waals surface area (Å²) in [5.74, 6) is -0.350. The molecule has 1 aromatic heterocycles. The molecular formula is C19H32N2O6. The number of esters is 1. The van der Waals surface area contributed by atoms with Crippen molar-refractivity contribution < 1.29 is 28.5 Å². The van der Waals surface area contributed by atoms with Crippen molar-refractivity contribution in [2.75, 3.05) is 73.6 Å². The van der Waals surface area contributed by atoms with E-state index in [0.29, 0.717) is 58.4 Å². The lowest BCUT2D eigenvalue weighted by Crippen LogP contribution is -2.17. The highest BCUT2D eigenvalue weighted by Gasteiger charge is 2.06. The van der Waals surface area contributed by atoms with E-state index in [1.54, 1.807) is 18.3 Å². The van der Waals surface area contributed by atoms with Crippen molar-refractivity contribution >= 4 is 5.97 Å². The number of carbonyl (C=O) groups excluding carboxylic acids is 1. The molecule has 1 N–H and O–H groups in total. The van der Waals surface area contributed by atoms with E-state index in [0.717, 1.165) is 25.1 Å². The zero-order chi connectivity index (χ0) is 19.6. The molecule has 0 aliphatic carbocycles. The molecule has 0 spiro atoms. The maximum absolute atomic E-state index is 11.5. The second-order valence-electron chi connectivity index (χ2n) is 5.68. The maximum atomic E-state index is 11.5. The predicted octanol–water partition coefficient (Wildman–Crippen LogP) is 1.09. The molecule has 8 nitrogen and oxygen atoms in total. The minimum absolute atomic E-state index is 0.350. The number of ether oxygens (including phenoxy) is 5. The SMILES string of the molecule is CNCCOCCOCCOCCOCCCc1cc(C(=O)OC)ccn1. The first-order valence-electron chi connectivity index (χ1n) is 9.26. The number of carbonyl (C=O) groups is 1. The molecule has 0 atom stereocenters. The number of aromatic nitrogens is 1. The van der Waals surface area contributed by atoms with Crippen LogP contribution < -0.4 is 5.32 Å². The Morgan fingerprint density at radius 1 is 0.963 bits per heavy atom. The van der Waals surface area contributed by atoms with Crippen molar-refractivity contribution in [3.63, 3.8) is 0 Å². The normalized spacial score (nSPS) is 10.9. The number of hydrogen-bond donors (Lipinski definition) is 1. The number of likely N-dealkylation sites (N-methyl/N-ethyl adjacent to an activating group) is 1. The minimum atomic E-state index is -0.350. The molecule has 1 aromatic rings. The van der Waals surface area contributed by atoms with Crippen LogP contribution in [0.25, 0.3) is 0 Å². The number of aryl methyl sites for hydroxylation is 1. The third-order valence-electron chi connectivity index (χ3n) is 3.57. The van der Waals surface area contributed by atoms with Crippen LogP contribution in [-0.4, -0.2) is 84.5 Å². The lowest BCUT2D eigenvalue weighted by molar-refractivity contribution is -0.00154. The fourth-order valence-electron chi connectivity index (χ4n) is 2.15. The van der Waals surface area contributed by atoms with Gasteiger partial charge in [-0.05, 0) is 32.0 Å². The molecule has 0 saturated heterocycles. The Labute approximate surface area is 161 Å². The Morgan fingerprint density at radius 2 is 1.56 bits per heavy atom. The predicted molar refractivity (Wildman–Crippen MR) is 101 cm³/mol. The Morgan fingerprint density at radius 3 is 2.15 bits per heavy atom. The van der Waals surface area contributed by atoms with Crippen molar-refractivity contribution in [3.8, 4) is 0 Å². The molecule has 1 rings (SSSR count). The number of methoxy groups -OCH3 is 1. The Bertz CT molecular complexity index is 501. The van der Waals surface area contributed by atoms with Crippen LogP contribution in [0.15, 0.2) is 18.3 Å². The first-order valence-corrected chi connectivity index (χ1v) is 9.26. The maximum Gasteiger partial charge on any atom is 0.337 e. The van der Waals surface area contributed by atoms with Gasteiger partial charge in [-0.2, -0.15) is 0 Å². The lowest BCUT2D eigenvalue weighted by atomic mass is 10.1. The molecule has 0 bridgehead atoms. The fourth-order valence-corrected chi connectivity index (χ4v) is 2.15. The summed E-state index contributed by atoms with van der Waals surface area (Å²) in [5, 5.41) is 3.01. The van der Waals surface area contributed by atoms with E-state index in [4.69, 9.17) is 23.7 Å². The number of rotatable bonds is 17. The quantitative estimate of drug-likeness (QED) is 0.315. The highest BCUT2D eigenvalue weighted by Crippen LogP contribution is 2.06. The van der Waals surface area contributed by atoms with Gasteiger partial charge in [-0.1, -0.05) is 0 Å². The van der Waals surface area contributed by atoms with Crippen molar-refractivity contribution in [2.45, 2.75) is 12.8 Å². The van der Waals surface area contributed by atoms with Gasteiger partial charge in [-0.25, -0.2) is 4.79 Å². The molecule has 8 heteroatoms. The molecule has 0 aliphatic rings. The number of pyridine rings is 1. The molecule has 27 heavy (non-hydrogen) atoms. The van der Waals surface area contributed by atoms with E-state index in [2.05, 4.69) is 10.3 Å². The smallest absolute Gasteiger partial charge is 0.337 e. The third kappa shape index (κ3) is 12.4. The van der Waals surface area contributed by atoms with Gasteiger partial charge in [0.05, 0.1) is 58.9 Å². The average Bonchev–Trinajstić information content (AvgIpc) is 2.70. The van der Waals surface area contributed by atoms with E-state index >= 15 is 0 Å². The topological polar surface area (TPSA) is 88.1 Å². The van der Waals surface area contributed by atoms with Gasteiger partial charge in [-0.3, -0.25) is 4.98 Å². The van der Waals surface area contributed by atoms with E-state index in [1.165, 1.54) is 7.11 Å². The van der Waals surface area contributed by atoms with E-state index in [9.17, 15) is 4.79 Å². The molecule has 0 amide bonds. The van der Waals surface area contributed by atoms with Crippen LogP contribution in [0.2, 0.25) is 0 Å². The van der Waals surface area contributed by atoms with Gasteiger partial charge in [0.1, 0.15) is 0 Å². The van der Waals surface area contributed by atoms with Gasteiger partial charge < -0.3 is 29.0 Å². The zero-order valence-corrected chi connectivity index (χ0v) is 16.4. The van der Waals surface area contributed by atoms with E-state index in [1.807, 2.05) is 7.05 Å². The standard InChI is InChI=1S/C19H32N2O6/c1-20-7-9-25-11-13-27-15-14-26-12-10-24-8-3-4-18-16-17(5-6-21-18)19(22)23-2/h5-6,16,20H,3-4,7-15H2,1-2H3. The molecule has 0 radical (unpaired) electrons. The van der Waals surface area contributed by atoms with Gasteiger partial charge in [0.25, 0.3) is 0 Å². The number of hydrogen-bond acceptors (Lipinski definition) is 8. The number of nitrogens with one attached hydrogen (secondary N) is 1. The van der Waals surface area contributed by atoms with E-state index in [-0.39, 0.29) is 5.97 Å². The van der Waals surface area contributed by atoms with Gasteiger partial charge in [-0.15, -0.1) is 0 Å². The molecule has 0 saturated carbocycles.